The molecular formula is C23H19ClN2O3. The normalized spacial score (nSPS) is 10.9. The molecule has 2 N–H and O–H groups in total. The van der Waals surface area contributed by atoms with E-state index in [1.165, 1.54) is 0 Å². The van der Waals surface area contributed by atoms with Gasteiger partial charge >= 0.3 is 0 Å². The fourth-order valence-corrected chi connectivity index (χ4v) is 2.95. The van der Waals surface area contributed by atoms with E-state index in [9.17, 15) is 9.59 Å². The maximum atomic E-state index is 12.9. The third-order valence-electron chi connectivity index (χ3n) is 4.18. The lowest BCUT2D eigenvalue weighted by molar-refractivity contribution is -0.116. The fourth-order valence-electron chi connectivity index (χ4n) is 2.73. The Balaban J connectivity index is 1.87. The molecule has 0 fully saturated rings. The second-order valence-corrected chi connectivity index (χ2v) is 6.46. The number of benzene rings is 3. The SMILES string of the molecule is COc1ccccc1/C=C(/C(=O)NNC(=O)c1ccccc1Cl)c1ccccc1. The van der Waals surface area contributed by atoms with Crippen LogP contribution in [0.15, 0.2) is 78.9 Å². The van der Waals surface area contributed by atoms with Crippen molar-refractivity contribution < 1.29 is 14.3 Å². The van der Waals surface area contributed by atoms with Gasteiger partial charge in [-0.15, -0.1) is 0 Å². The third-order valence-corrected chi connectivity index (χ3v) is 4.51. The molecule has 0 atom stereocenters. The van der Waals surface area contributed by atoms with Crippen LogP contribution in [0.5, 0.6) is 5.75 Å². The topological polar surface area (TPSA) is 67.4 Å². The zero-order chi connectivity index (χ0) is 20.6. The van der Waals surface area contributed by atoms with Crippen LogP contribution in [0.4, 0.5) is 0 Å². The van der Waals surface area contributed by atoms with Gasteiger partial charge in [0.25, 0.3) is 11.8 Å². The van der Waals surface area contributed by atoms with E-state index in [2.05, 4.69) is 10.9 Å². The Morgan fingerprint density at radius 2 is 1.52 bits per heavy atom. The van der Waals surface area contributed by atoms with Crippen molar-refractivity contribution in [3.8, 4) is 5.75 Å². The van der Waals surface area contributed by atoms with Crippen LogP contribution in [0.2, 0.25) is 5.02 Å². The summed E-state index contributed by atoms with van der Waals surface area (Å²) in [5.41, 5.74) is 6.94. The molecular weight excluding hydrogens is 388 g/mol. The van der Waals surface area contributed by atoms with Crippen molar-refractivity contribution in [3.05, 3.63) is 101 Å². The Morgan fingerprint density at radius 1 is 0.862 bits per heavy atom. The van der Waals surface area contributed by atoms with Crippen LogP contribution in [0, 0.1) is 0 Å². The second-order valence-electron chi connectivity index (χ2n) is 6.05. The van der Waals surface area contributed by atoms with Crippen LogP contribution in [-0.2, 0) is 4.79 Å². The Kier molecular flexibility index (Phi) is 6.66. The Labute approximate surface area is 173 Å². The van der Waals surface area contributed by atoms with Crippen molar-refractivity contribution >= 4 is 35.1 Å². The van der Waals surface area contributed by atoms with Gasteiger partial charge in [0.15, 0.2) is 0 Å². The molecule has 0 unspecified atom stereocenters. The zero-order valence-electron chi connectivity index (χ0n) is 15.7. The van der Waals surface area contributed by atoms with E-state index >= 15 is 0 Å². The first-order chi connectivity index (χ1) is 14.1. The standard InChI is InChI=1S/C23H19ClN2O3/c1-29-21-14-8-5-11-17(21)15-19(16-9-3-2-4-10-16)23(28)26-25-22(27)18-12-6-7-13-20(18)24/h2-15H,1H3,(H,25,27)(H,26,28)/b19-15+. The molecule has 0 aliphatic heterocycles. The van der Waals surface area contributed by atoms with E-state index in [4.69, 9.17) is 16.3 Å². The molecule has 0 aliphatic rings. The van der Waals surface area contributed by atoms with Gasteiger partial charge in [0.1, 0.15) is 5.75 Å². The summed E-state index contributed by atoms with van der Waals surface area (Å²) in [6, 6.07) is 23.1. The molecule has 0 spiro atoms. The van der Waals surface area contributed by atoms with Crippen LogP contribution in [0.1, 0.15) is 21.5 Å². The number of hydrogen-bond donors (Lipinski definition) is 2. The second kappa shape index (κ2) is 9.57. The van der Waals surface area contributed by atoms with E-state index in [0.29, 0.717) is 21.9 Å². The number of nitrogens with one attached hydrogen (secondary N) is 2. The zero-order valence-corrected chi connectivity index (χ0v) is 16.4. The molecule has 146 valence electrons. The molecule has 2 amide bonds. The number of para-hydroxylation sites is 1. The molecule has 0 aromatic heterocycles. The highest BCUT2D eigenvalue weighted by Crippen LogP contribution is 2.24. The average Bonchev–Trinajstić information content (AvgIpc) is 2.76. The van der Waals surface area contributed by atoms with Crippen LogP contribution in [0.25, 0.3) is 11.6 Å². The largest absolute Gasteiger partial charge is 0.496 e. The van der Waals surface area contributed by atoms with Crippen molar-refractivity contribution in [1.82, 2.24) is 10.9 Å². The number of methoxy groups -OCH3 is 1. The molecule has 0 saturated carbocycles. The Hall–Kier alpha value is -3.57. The van der Waals surface area contributed by atoms with Crippen molar-refractivity contribution in [2.45, 2.75) is 0 Å². The van der Waals surface area contributed by atoms with Gasteiger partial charge in [-0.05, 0) is 29.8 Å². The van der Waals surface area contributed by atoms with E-state index < -0.39 is 11.8 Å². The Morgan fingerprint density at radius 3 is 2.24 bits per heavy atom. The smallest absolute Gasteiger partial charge is 0.271 e. The van der Waals surface area contributed by atoms with E-state index in [-0.39, 0.29) is 5.56 Å². The molecule has 5 nitrogen and oxygen atoms in total. The van der Waals surface area contributed by atoms with Crippen molar-refractivity contribution in [2.24, 2.45) is 0 Å². The minimum absolute atomic E-state index is 0.268. The van der Waals surface area contributed by atoms with E-state index in [0.717, 1.165) is 5.56 Å². The molecule has 0 heterocycles. The number of ether oxygens (including phenoxy) is 1. The number of hydrazine groups is 1. The lowest BCUT2D eigenvalue weighted by Crippen LogP contribution is -2.42. The fraction of sp³-hybridized carbons (Fsp3) is 0.0435. The number of carbonyl (C=O) groups excluding carboxylic acids is 2. The summed E-state index contributed by atoms with van der Waals surface area (Å²) >= 11 is 6.03. The summed E-state index contributed by atoms with van der Waals surface area (Å²) in [4.78, 5) is 25.2. The molecule has 0 bridgehead atoms. The predicted octanol–water partition coefficient (Wildman–Crippen LogP) is 4.35. The van der Waals surface area contributed by atoms with Gasteiger partial charge in [0, 0.05) is 11.1 Å². The molecule has 3 aromatic carbocycles. The first kappa shape index (κ1) is 20.2. The van der Waals surface area contributed by atoms with Crippen LogP contribution >= 0.6 is 11.6 Å². The number of carbonyl (C=O) groups is 2. The highest BCUT2D eigenvalue weighted by molar-refractivity contribution is 6.34. The van der Waals surface area contributed by atoms with Gasteiger partial charge in [-0.1, -0.05) is 72.3 Å². The molecule has 6 heteroatoms. The third kappa shape index (κ3) is 5.03. The maximum Gasteiger partial charge on any atom is 0.271 e. The minimum atomic E-state index is -0.506. The summed E-state index contributed by atoms with van der Waals surface area (Å²) < 4.78 is 5.37. The molecule has 0 aliphatic carbocycles. The first-order valence-electron chi connectivity index (χ1n) is 8.85. The molecule has 3 aromatic rings. The van der Waals surface area contributed by atoms with Crippen molar-refractivity contribution in [3.63, 3.8) is 0 Å². The number of amides is 2. The number of halogens is 1. The summed E-state index contributed by atoms with van der Waals surface area (Å²) in [5, 5.41) is 0.298. The maximum absolute atomic E-state index is 12.9. The minimum Gasteiger partial charge on any atom is -0.496 e. The molecule has 0 saturated heterocycles. The lowest BCUT2D eigenvalue weighted by Gasteiger charge is -2.12. The van der Waals surface area contributed by atoms with Gasteiger partial charge in [0.05, 0.1) is 17.7 Å². The van der Waals surface area contributed by atoms with Crippen LogP contribution in [0.3, 0.4) is 0 Å². The quantitative estimate of drug-likeness (QED) is 0.376. The lowest BCUT2D eigenvalue weighted by atomic mass is 10.0. The predicted molar refractivity (Wildman–Crippen MR) is 114 cm³/mol. The Bertz CT molecular complexity index is 1050. The van der Waals surface area contributed by atoms with E-state index in [1.54, 1.807) is 37.5 Å². The number of rotatable bonds is 5. The van der Waals surface area contributed by atoms with Crippen LogP contribution < -0.4 is 15.6 Å². The van der Waals surface area contributed by atoms with E-state index in [1.807, 2.05) is 54.6 Å². The van der Waals surface area contributed by atoms with Crippen LogP contribution in [-0.4, -0.2) is 18.9 Å². The van der Waals surface area contributed by atoms with Crippen molar-refractivity contribution in [2.75, 3.05) is 7.11 Å². The summed E-state index contributed by atoms with van der Waals surface area (Å²) in [6.45, 7) is 0. The average molecular weight is 407 g/mol. The highest BCUT2D eigenvalue weighted by Gasteiger charge is 2.16. The monoisotopic (exact) mass is 406 g/mol. The molecule has 3 rings (SSSR count). The van der Waals surface area contributed by atoms with Gasteiger partial charge in [-0.2, -0.15) is 0 Å². The number of hydrogen-bond acceptors (Lipinski definition) is 3. The summed E-state index contributed by atoms with van der Waals surface area (Å²) in [5.74, 6) is -0.343. The summed E-state index contributed by atoms with van der Waals surface area (Å²) in [7, 11) is 1.57. The first-order valence-corrected chi connectivity index (χ1v) is 9.23. The van der Waals surface area contributed by atoms with Gasteiger partial charge in [0.2, 0.25) is 0 Å². The van der Waals surface area contributed by atoms with Crippen molar-refractivity contribution in [1.29, 1.82) is 0 Å². The van der Waals surface area contributed by atoms with Gasteiger partial charge in [-0.25, -0.2) is 0 Å². The van der Waals surface area contributed by atoms with Gasteiger partial charge in [-0.3, -0.25) is 20.4 Å². The molecule has 0 radical (unpaired) electrons. The molecule has 29 heavy (non-hydrogen) atoms. The summed E-state index contributed by atoms with van der Waals surface area (Å²) in [6.07, 6.45) is 1.71. The highest BCUT2D eigenvalue weighted by atomic mass is 35.5. The van der Waals surface area contributed by atoms with Gasteiger partial charge < -0.3 is 4.74 Å².